The minimum atomic E-state index is -0.266. The molecule has 0 spiro atoms. The van der Waals surface area contributed by atoms with Crippen LogP contribution < -0.4 is 24.3 Å². The Morgan fingerprint density at radius 2 is 1.70 bits per heavy atom. The van der Waals surface area contributed by atoms with E-state index in [0.717, 1.165) is 12.0 Å². The molecule has 1 amide bonds. The number of methoxy groups -OCH3 is 2. The number of nitrogens with one attached hydrogen (secondary N) is 1. The minimum absolute atomic E-state index is 0.108. The lowest BCUT2D eigenvalue weighted by Crippen LogP contribution is -2.31. The molecule has 2 rings (SSSR count). The van der Waals surface area contributed by atoms with Crippen molar-refractivity contribution >= 4 is 5.91 Å². The lowest BCUT2D eigenvalue weighted by Gasteiger charge is -2.18. The van der Waals surface area contributed by atoms with Crippen LogP contribution in [0.4, 0.5) is 0 Å². The fourth-order valence-electron chi connectivity index (χ4n) is 2.58. The number of ether oxygens (including phenoxy) is 4. The number of hydrogen-bond acceptors (Lipinski definition) is 5. The summed E-state index contributed by atoms with van der Waals surface area (Å²) in [4.78, 5) is 12.3. The summed E-state index contributed by atoms with van der Waals surface area (Å²) >= 11 is 0. The Morgan fingerprint density at radius 1 is 1.00 bits per heavy atom. The van der Waals surface area contributed by atoms with Crippen LogP contribution in [0.15, 0.2) is 42.5 Å². The Bertz CT molecular complexity index is 747. The third-order valence-corrected chi connectivity index (χ3v) is 3.95. The summed E-state index contributed by atoms with van der Waals surface area (Å²) in [5, 5.41) is 2.91. The van der Waals surface area contributed by atoms with E-state index in [0.29, 0.717) is 29.6 Å². The summed E-state index contributed by atoms with van der Waals surface area (Å²) in [5.74, 6) is 2.33. The molecule has 27 heavy (non-hydrogen) atoms. The van der Waals surface area contributed by atoms with Gasteiger partial charge in [0.15, 0.2) is 18.1 Å². The van der Waals surface area contributed by atoms with Gasteiger partial charge in [-0.2, -0.15) is 0 Å². The third-order valence-electron chi connectivity index (χ3n) is 3.95. The standard InChI is InChI=1S/C21H27NO5/c1-5-12-26-19-8-6-7-9-20(19)27-14-21(23)22-15(2)17-13-16(24-3)10-11-18(17)25-4/h6-11,13,15H,5,12,14H2,1-4H3,(H,22,23)/t15-/m0/s1. The molecule has 0 heterocycles. The second-order valence-corrected chi connectivity index (χ2v) is 5.98. The van der Waals surface area contributed by atoms with Crippen LogP contribution in [0.1, 0.15) is 31.9 Å². The number of hydrogen-bond donors (Lipinski definition) is 1. The molecule has 0 aliphatic heterocycles. The summed E-state index contributed by atoms with van der Waals surface area (Å²) in [6.07, 6.45) is 0.898. The van der Waals surface area contributed by atoms with Crippen molar-refractivity contribution in [2.45, 2.75) is 26.3 Å². The van der Waals surface area contributed by atoms with Crippen molar-refractivity contribution in [1.82, 2.24) is 5.32 Å². The highest BCUT2D eigenvalue weighted by atomic mass is 16.5. The SMILES string of the molecule is CCCOc1ccccc1OCC(=O)N[C@@H](C)c1cc(OC)ccc1OC. The molecule has 0 bridgehead atoms. The highest BCUT2D eigenvalue weighted by Gasteiger charge is 2.16. The number of carbonyl (C=O) groups is 1. The molecule has 0 saturated heterocycles. The maximum absolute atomic E-state index is 12.3. The van der Waals surface area contributed by atoms with Crippen molar-refractivity contribution in [3.63, 3.8) is 0 Å². The lowest BCUT2D eigenvalue weighted by molar-refractivity contribution is -0.123. The van der Waals surface area contributed by atoms with Gasteiger partial charge >= 0.3 is 0 Å². The van der Waals surface area contributed by atoms with E-state index in [-0.39, 0.29) is 18.6 Å². The van der Waals surface area contributed by atoms with E-state index in [1.165, 1.54) is 0 Å². The van der Waals surface area contributed by atoms with Crippen molar-refractivity contribution in [1.29, 1.82) is 0 Å². The average molecular weight is 373 g/mol. The Labute approximate surface area is 160 Å². The van der Waals surface area contributed by atoms with Crippen LogP contribution >= 0.6 is 0 Å². The summed E-state index contributed by atoms with van der Waals surface area (Å²) in [6, 6.07) is 12.5. The van der Waals surface area contributed by atoms with Gasteiger partial charge in [-0.3, -0.25) is 4.79 Å². The van der Waals surface area contributed by atoms with Crippen LogP contribution in [0.25, 0.3) is 0 Å². The van der Waals surface area contributed by atoms with Gasteiger partial charge in [0, 0.05) is 5.56 Å². The number of rotatable bonds is 10. The fraction of sp³-hybridized carbons (Fsp3) is 0.381. The second-order valence-electron chi connectivity index (χ2n) is 5.98. The first-order valence-electron chi connectivity index (χ1n) is 8.95. The molecule has 2 aromatic carbocycles. The van der Waals surface area contributed by atoms with Gasteiger partial charge in [-0.05, 0) is 43.7 Å². The molecule has 1 atom stereocenters. The average Bonchev–Trinajstić information content (AvgIpc) is 2.70. The Kier molecular flexibility index (Phi) is 7.79. The predicted octanol–water partition coefficient (Wildman–Crippen LogP) is 3.75. The quantitative estimate of drug-likeness (QED) is 0.687. The Hall–Kier alpha value is -2.89. The molecule has 6 heteroatoms. The zero-order valence-corrected chi connectivity index (χ0v) is 16.3. The second kappa shape index (κ2) is 10.3. The summed E-state index contributed by atoms with van der Waals surface area (Å²) in [5.41, 5.74) is 0.830. The minimum Gasteiger partial charge on any atom is -0.497 e. The molecular weight excluding hydrogens is 346 g/mol. The summed E-state index contributed by atoms with van der Waals surface area (Å²) < 4.78 is 21.9. The molecule has 0 aliphatic carbocycles. The summed E-state index contributed by atoms with van der Waals surface area (Å²) in [6.45, 7) is 4.40. The number of para-hydroxylation sites is 2. The summed E-state index contributed by atoms with van der Waals surface area (Å²) in [7, 11) is 3.19. The van der Waals surface area contributed by atoms with Crippen molar-refractivity contribution in [3.05, 3.63) is 48.0 Å². The van der Waals surface area contributed by atoms with Crippen LogP contribution in [-0.2, 0) is 4.79 Å². The van der Waals surface area contributed by atoms with Crippen LogP contribution in [0.5, 0.6) is 23.0 Å². The molecule has 146 valence electrons. The van der Waals surface area contributed by atoms with Gasteiger partial charge in [-0.1, -0.05) is 19.1 Å². The largest absolute Gasteiger partial charge is 0.497 e. The van der Waals surface area contributed by atoms with E-state index in [1.807, 2.05) is 50.2 Å². The van der Waals surface area contributed by atoms with Crippen LogP contribution in [0, 0.1) is 0 Å². The van der Waals surface area contributed by atoms with E-state index in [4.69, 9.17) is 18.9 Å². The van der Waals surface area contributed by atoms with Gasteiger partial charge in [0.2, 0.25) is 0 Å². The van der Waals surface area contributed by atoms with Gasteiger partial charge in [-0.25, -0.2) is 0 Å². The van der Waals surface area contributed by atoms with Gasteiger partial charge in [0.1, 0.15) is 11.5 Å². The topological polar surface area (TPSA) is 66.0 Å². The highest BCUT2D eigenvalue weighted by Crippen LogP contribution is 2.29. The smallest absolute Gasteiger partial charge is 0.258 e. The molecule has 1 N–H and O–H groups in total. The van der Waals surface area contributed by atoms with Crippen molar-refractivity contribution in [2.75, 3.05) is 27.4 Å². The van der Waals surface area contributed by atoms with Gasteiger partial charge in [0.05, 0.1) is 26.9 Å². The maximum atomic E-state index is 12.3. The van der Waals surface area contributed by atoms with Gasteiger partial charge < -0.3 is 24.3 Å². The molecule has 0 unspecified atom stereocenters. The maximum Gasteiger partial charge on any atom is 0.258 e. The molecule has 0 saturated carbocycles. The van der Waals surface area contributed by atoms with Gasteiger partial charge in [0.25, 0.3) is 5.91 Å². The molecular formula is C21H27NO5. The van der Waals surface area contributed by atoms with E-state index >= 15 is 0 Å². The Balaban J connectivity index is 1.98. The molecule has 6 nitrogen and oxygen atoms in total. The number of amides is 1. The highest BCUT2D eigenvalue weighted by molar-refractivity contribution is 5.78. The van der Waals surface area contributed by atoms with Crippen LogP contribution in [0.2, 0.25) is 0 Å². The molecule has 0 fully saturated rings. The van der Waals surface area contributed by atoms with Crippen LogP contribution in [-0.4, -0.2) is 33.3 Å². The lowest BCUT2D eigenvalue weighted by atomic mass is 10.1. The zero-order chi connectivity index (χ0) is 19.6. The van der Waals surface area contributed by atoms with Crippen molar-refractivity contribution in [2.24, 2.45) is 0 Å². The molecule has 0 radical (unpaired) electrons. The van der Waals surface area contributed by atoms with E-state index < -0.39 is 0 Å². The zero-order valence-electron chi connectivity index (χ0n) is 16.3. The normalized spacial score (nSPS) is 11.4. The fourth-order valence-corrected chi connectivity index (χ4v) is 2.58. The molecule has 0 aliphatic rings. The molecule has 2 aromatic rings. The van der Waals surface area contributed by atoms with Crippen molar-refractivity contribution < 1.29 is 23.7 Å². The van der Waals surface area contributed by atoms with Crippen molar-refractivity contribution in [3.8, 4) is 23.0 Å². The first kappa shape index (κ1) is 20.4. The number of carbonyl (C=O) groups excluding carboxylic acids is 1. The molecule has 0 aromatic heterocycles. The third kappa shape index (κ3) is 5.81. The first-order valence-corrected chi connectivity index (χ1v) is 8.95. The van der Waals surface area contributed by atoms with E-state index in [2.05, 4.69) is 5.32 Å². The Morgan fingerprint density at radius 3 is 2.33 bits per heavy atom. The predicted molar refractivity (Wildman–Crippen MR) is 104 cm³/mol. The van der Waals surface area contributed by atoms with Crippen LogP contribution in [0.3, 0.4) is 0 Å². The van der Waals surface area contributed by atoms with E-state index in [1.54, 1.807) is 20.3 Å². The monoisotopic (exact) mass is 373 g/mol. The van der Waals surface area contributed by atoms with Gasteiger partial charge in [-0.15, -0.1) is 0 Å². The van der Waals surface area contributed by atoms with E-state index in [9.17, 15) is 4.79 Å². The first-order chi connectivity index (χ1) is 13.1. The number of benzene rings is 2.